The van der Waals surface area contributed by atoms with E-state index in [-0.39, 0.29) is 85.3 Å². The van der Waals surface area contributed by atoms with Gasteiger partial charge in [0, 0.05) is 25.2 Å². The number of aryl methyl sites for hydroxylation is 1. The number of hydrogen-bond acceptors (Lipinski definition) is 9. The Morgan fingerprint density at radius 3 is 2.24 bits per heavy atom. The first-order valence-corrected chi connectivity index (χ1v) is 18.8. The molecule has 0 unspecified atom stereocenters. The van der Waals surface area contributed by atoms with Crippen LogP contribution in [0, 0.1) is 11.8 Å². The number of ether oxygens (including phenoxy) is 2. The Labute approximate surface area is 321 Å². The topological polar surface area (TPSA) is 201 Å². The molecule has 0 radical (unpaired) electrons. The fraction of sp³-hybridized carbons (Fsp3) is 0.447. The van der Waals surface area contributed by atoms with E-state index in [1.165, 1.54) is 0 Å². The molecule has 7 N–H and O–H groups in total. The molecule has 1 aliphatic carbocycles. The zero-order valence-corrected chi connectivity index (χ0v) is 31.8. The molecule has 5 aliphatic heterocycles. The van der Waals surface area contributed by atoms with Crippen molar-refractivity contribution in [2.75, 3.05) is 13.2 Å². The summed E-state index contributed by atoms with van der Waals surface area (Å²) >= 11 is 0. The van der Waals surface area contributed by atoms with Crippen molar-refractivity contribution >= 4 is 16.1 Å². The molecule has 0 aromatic heterocycles. The smallest absolute Gasteiger partial charge is 0.748 e. The molecule has 1 fully saturated rings. The molecular formula is C38H46N3NaO8S. The average molecular weight is 728 g/mol. The van der Waals surface area contributed by atoms with E-state index in [4.69, 9.17) is 20.9 Å². The number of aliphatic imine (C=N–C) groups is 1. The van der Waals surface area contributed by atoms with Crippen molar-refractivity contribution in [2.45, 2.75) is 80.5 Å². The Balaban J connectivity index is 0.00000504. The third kappa shape index (κ3) is 9.00. The number of allylic oxidation sites excluding steroid dienone is 1. The quantitative estimate of drug-likeness (QED) is 0.0707. The number of rotatable bonds is 9. The Kier molecular flexibility index (Phi) is 12.9. The second-order valence-corrected chi connectivity index (χ2v) is 15.3. The first-order chi connectivity index (χ1) is 24.0. The summed E-state index contributed by atoms with van der Waals surface area (Å²) in [6.45, 7) is -0.0875. The van der Waals surface area contributed by atoms with Crippen LogP contribution in [0.5, 0.6) is 11.5 Å². The second-order valence-electron chi connectivity index (χ2n) is 13.7. The Hall–Kier alpha value is -2.94. The van der Waals surface area contributed by atoms with Gasteiger partial charge in [-0.05, 0) is 109 Å². The minimum Gasteiger partial charge on any atom is -0.748 e. The van der Waals surface area contributed by atoms with Gasteiger partial charge in [-0.25, -0.2) is 13.4 Å². The standard InChI is InChI=1S/C38H47N3O8S.Na/c39-37(40)41-38(18-2-20-43)29-11-7-25(8-12-29)35-27-21-28(36(26-9-13-30(44)14-10-26)48-32(22-27)3-1-19-42)23-33(35)34(50(45,46)47)17-6-24-4-15-31(49-38)16-5-24;/h4-5,7-16,23,27,32-36,42-44H,1-3,6,17-22H2,(H4,39,40,41)(H,45,46,47);/q;+1/p-1/t27-,32+,33+,34+,35+,36-,38-;/m0./s1. The van der Waals surface area contributed by atoms with Crippen LogP contribution in [0.25, 0.3) is 0 Å². The van der Waals surface area contributed by atoms with Gasteiger partial charge in [0.15, 0.2) is 5.96 Å². The van der Waals surface area contributed by atoms with Gasteiger partial charge >= 0.3 is 29.6 Å². The van der Waals surface area contributed by atoms with Crippen molar-refractivity contribution in [3.05, 3.63) is 107 Å². The number of phenolic OH excluding ortho intramolecular Hbond substituents is 1. The molecule has 9 rings (SSSR count). The van der Waals surface area contributed by atoms with Crippen LogP contribution in [0.15, 0.2) is 89.4 Å². The van der Waals surface area contributed by atoms with Gasteiger partial charge in [0.1, 0.15) is 17.6 Å². The zero-order valence-electron chi connectivity index (χ0n) is 28.9. The Bertz CT molecular complexity index is 1780. The van der Waals surface area contributed by atoms with Crippen molar-refractivity contribution < 1.29 is 67.3 Å². The number of aliphatic hydroxyl groups excluding tert-OH is 2. The number of nitrogens with two attached hydrogens (primary N) is 2. The minimum atomic E-state index is -4.78. The maximum atomic E-state index is 13.3. The molecule has 7 atom stereocenters. The summed E-state index contributed by atoms with van der Waals surface area (Å²) in [5, 5.41) is 28.3. The van der Waals surface area contributed by atoms with E-state index in [0.717, 1.165) is 22.3 Å². The molecule has 6 bridgehead atoms. The van der Waals surface area contributed by atoms with Gasteiger partial charge in [-0.15, -0.1) is 0 Å². The second kappa shape index (κ2) is 16.8. The van der Waals surface area contributed by atoms with E-state index >= 15 is 0 Å². The predicted molar refractivity (Wildman–Crippen MR) is 188 cm³/mol. The van der Waals surface area contributed by atoms with E-state index in [1.54, 1.807) is 36.4 Å². The fourth-order valence-corrected chi connectivity index (χ4v) is 9.23. The van der Waals surface area contributed by atoms with E-state index < -0.39 is 33.1 Å². The van der Waals surface area contributed by atoms with Crippen LogP contribution in [-0.2, 0) is 27.0 Å². The molecule has 5 heterocycles. The summed E-state index contributed by atoms with van der Waals surface area (Å²) in [5.41, 5.74) is 14.6. The normalized spacial score (nSPS) is 27.4. The molecule has 13 heteroatoms. The number of aromatic hydroxyl groups is 1. The molecule has 268 valence electrons. The molecular weight excluding hydrogens is 681 g/mol. The molecule has 3 aromatic rings. The number of phenols is 1. The van der Waals surface area contributed by atoms with Gasteiger partial charge in [-0.3, -0.25) is 0 Å². The minimum absolute atomic E-state index is 0. The molecule has 51 heavy (non-hydrogen) atoms. The van der Waals surface area contributed by atoms with Crippen LogP contribution >= 0.6 is 0 Å². The summed E-state index contributed by atoms with van der Waals surface area (Å²) in [6, 6.07) is 21.7. The Morgan fingerprint density at radius 2 is 1.61 bits per heavy atom. The largest absolute Gasteiger partial charge is 1.00 e. The van der Waals surface area contributed by atoms with Crippen LogP contribution in [0.3, 0.4) is 0 Å². The van der Waals surface area contributed by atoms with Crippen LogP contribution in [0.4, 0.5) is 0 Å². The summed E-state index contributed by atoms with van der Waals surface area (Å²) in [6.07, 6.45) is 4.69. The number of nitrogens with zero attached hydrogens (tertiary/aromatic N) is 1. The number of guanidine groups is 1. The molecule has 0 amide bonds. The van der Waals surface area contributed by atoms with Gasteiger partial charge in [0.25, 0.3) is 0 Å². The zero-order chi connectivity index (χ0) is 35.5. The van der Waals surface area contributed by atoms with Crippen LogP contribution in [0.1, 0.15) is 79.2 Å². The van der Waals surface area contributed by atoms with Crippen molar-refractivity contribution in [3.8, 4) is 11.5 Å². The Morgan fingerprint density at radius 1 is 0.941 bits per heavy atom. The van der Waals surface area contributed by atoms with Gasteiger partial charge in [0.2, 0.25) is 5.72 Å². The third-order valence-corrected chi connectivity index (χ3v) is 11.7. The van der Waals surface area contributed by atoms with Crippen LogP contribution in [-0.4, -0.2) is 58.8 Å². The van der Waals surface area contributed by atoms with E-state index in [2.05, 4.69) is 4.99 Å². The van der Waals surface area contributed by atoms with Gasteiger partial charge in [-0.2, -0.15) is 0 Å². The first-order valence-electron chi connectivity index (χ1n) is 17.3. The van der Waals surface area contributed by atoms with Gasteiger partial charge in [0.05, 0.1) is 21.5 Å². The summed E-state index contributed by atoms with van der Waals surface area (Å²) in [5.74, 6) is -0.649. The van der Waals surface area contributed by atoms with Crippen molar-refractivity contribution in [2.24, 2.45) is 28.3 Å². The van der Waals surface area contributed by atoms with E-state index in [0.29, 0.717) is 49.8 Å². The maximum Gasteiger partial charge on any atom is 1.00 e. The molecule has 11 nitrogen and oxygen atoms in total. The third-order valence-electron chi connectivity index (χ3n) is 10.4. The number of benzene rings is 3. The molecule has 6 aliphatic rings. The van der Waals surface area contributed by atoms with Crippen molar-refractivity contribution in [1.29, 1.82) is 0 Å². The SMILES string of the molecule is NC(N)=N[C@@]1(CCCO)Oc2ccc(cc2)CC[C@@H](S(=O)(=O)[O-])[C@H]2C=C3C[C@@H](C[C@@H](CCCO)O[C@H]3c3ccc(O)cc3)[C@H]2c2ccc1cc2.[Na+]. The molecule has 0 spiro atoms. The van der Waals surface area contributed by atoms with E-state index in [1.807, 2.05) is 42.5 Å². The summed E-state index contributed by atoms with van der Waals surface area (Å²) in [7, 11) is -4.78. The van der Waals surface area contributed by atoms with Gasteiger partial charge < -0.3 is 40.8 Å². The van der Waals surface area contributed by atoms with Crippen molar-refractivity contribution in [3.63, 3.8) is 0 Å². The first kappa shape index (κ1) is 39.3. The molecule has 3 aromatic carbocycles. The fourth-order valence-electron chi connectivity index (χ4n) is 8.19. The monoisotopic (exact) mass is 727 g/mol. The molecule has 0 saturated carbocycles. The maximum absolute atomic E-state index is 13.3. The average Bonchev–Trinajstić information content (AvgIpc) is 3.22. The van der Waals surface area contributed by atoms with Gasteiger partial charge in [-0.1, -0.05) is 54.6 Å². The summed E-state index contributed by atoms with van der Waals surface area (Å²) in [4.78, 5) is 4.57. The predicted octanol–water partition coefficient (Wildman–Crippen LogP) is 1.48. The van der Waals surface area contributed by atoms with Crippen LogP contribution < -0.4 is 45.8 Å². The van der Waals surface area contributed by atoms with E-state index in [9.17, 15) is 28.3 Å². The molecule has 1 saturated heterocycles. The van der Waals surface area contributed by atoms with Crippen molar-refractivity contribution in [1.82, 2.24) is 0 Å². The number of fused-ring (bicyclic) bond motifs is 2. The number of aliphatic hydroxyl groups is 2. The van der Waals surface area contributed by atoms with Crippen LogP contribution in [0.2, 0.25) is 0 Å². The number of hydrogen-bond donors (Lipinski definition) is 5. The summed E-state index contributed by atoms with van der Waals surface area (Å²) < 4.78 is 53.2.